The molecule has 0 spiro atoms. The van der Waals surface area contributed by atoms with E-state index in [4.69, 9.17) is 4.74 Å². The van der Waals surface area contributed by atoms with Crippen LogP contribution in [0.1, 0.15) is 32.3 Å². The fraction of sp³-hybridized carbons (Fsp3) is 0.500. The largest absolute Gasteiger partial charge is 0.373 e. The molecule has 2 aromatic rings. The first-order valence-corrected chi connectivity index (χ1v) is 10.5. The molecule has 1 aliphatic heterocycles. The Morgan fingerprint density at radius 1 is 1.20 bits per heavy atom. The van der Waals surface area contributed by atoms with Gasteiger partial charge in [-0.25, -0.2) is 14.6 Å². The lowest BCUT2D eigenvalue weighted by Crippen LogP contribution is -2.45. The quantitative estimate of drug-likeness (QED) is 0.649. The van der Waals surface area contributed by atoms with E-state index in [2.05, 4.69) is 34.4 Å². The molecular formula is C22H31N5O3. The zero-order valence-corrected chi connectivity index (χ0v) is 17.7. The van der Waals surface area contributed by atoms with E-state index in [0.29, 0.717) is 18.8 Å². The average molecular weight is 414 g/mol. The smallest absolute Gasteiger partial charge is 0.347 e. The summed E-state index contributed by atoms with van der Waals surface area (Å²) < 4.78 is 7.28. The molecule has 1 fully saturated rings. The van der Waals surface area contributed by atoms with E-state index in [1.54, 1.807) is 12.3 Å². The fourth-order valence-corrected chi connectivity index (χ4v) is 3.76. The van der Waals surface area contributed by atoms with Gasteiger partial charge in [0.1, 0.15) is 0 Å². The predicted molar refractivity (Wildman–Crippen MR) is 117 cm³/mol. The topological polar surface area (TPSA) is 88.5 Å². The summed E-state index contributed by atoms with van der Waals surface area (Å²) in [4.78, 5) is 30.1. The van der Waals surface area contributed by atoms with Crippen LogP contribution in [0.25, 0.3) is 0 Å². The maximum Gasteiger partial charge on any atom is 0.347 e. The fourth-order valence-electron chi connectivity index (χ4n) is 3.76. The molecular weight excluding hydrogens is 382 g/mol. The Hall–Kier alpha value is -2.71. The zero-order chi connectivity index (χ0) is 21.3. The molecule has 8 nitrogen and oxygen atoms in total. The minimum absolute atomic E-state index is 0.223. The summed E-state index contributed by atoms with van der Waals surface area (Å²) >= 11 is 0. The summed E-state index contributed by atoms with van der Waals surface area (Å²) in [5, 5.41) is 5.76. The Kier molecular flexibility index (Phi) is 7.98. The molecule has 1 aromatic carbocycles. The molecule has 30 heavy (non-hydrogen) atoms. The van der Waals surface area contributed by atoms with Crippen LogP contribution in [0.15, 0.2) is 47.5 Å². The van der Waals surface area contributed by atoms with Crippen molar-refractivity contribution < 1.29 is 9.53 Å². The van der Waals surface area contributed by atoms with Crippen molar-refractivity contribution >= 4 is 11.7 Å². The van der Waals surface area contributed by atoms with Crippen molar-refractivity contribution in [1.82, 2.24) is 19.8 Å². The van der Waals surface area contributed by atoms with Crippen molar-refractivity contribution in [3.63, 3.8) is 0 Å². The molecule has 0 saturated carbocycles. The number of anilines is 1. The number of hydrogen-bond acceptors (Lipinski definition) is 5. The molecule has 1 aliphatic rings. The standard InChI is InChI=1S/C22H31N5O3/c1-17-14-26(15-18(2)30-17)11-4-3-9-23-21(28)25-20-8-5-7-19(13-20)16-27-12-6-10-24-22(27)29/h5-8,10,12-13,17-18H,3-4,9,11,14-16H2,1-2H3,(H2,23,25,28)/t17-,18+. The number of aromatic nitrogens is 2. The number of urea groups is 1. The van der Waals surface area contributed by atoms with Gasteiger partial charge in [-0.15, -0.1) is 0 Å². The lowest BCUT2D eigenvalue weighted by Gasteiger charge is -2.35. The number of nitrogens with zero attached hydrogens (tertiary/aromatic N) is 3. The van der Waals surface area contributed by atoms with Crippen LogP contribution in [-0.4, -0.2) is 58.9 Å². The van der Waals surface area contributed by atoms with Crippen LogP contribution in [0.5, 0.6) is 0 Å². The molecule has 2 atom stereocenters. The predicted octanol–water partition coefficient (Wildman–Crippen LogP) is 2.30. The third kappa shape index (κ3) is 6.96. The molecule has 1 saturated heterocycles. The molecule has 2 amide bonds. The molecule has 1 aromatic heterocycles. The lowest BCUT2D eigenvalue weighted by molar-refractivity contribution is -0.0681. The van der Waals surface area contributed by atoms with Crippen LogP contribution in [0.4, 0.5) is 10.5 Å². The van der Waals surface area contributed by atoms with Crippen molar-refractivity contribution in [3.8, 4) is 0 Å². The molecule has 3 rings (SSSR count). The Bertz CT molecular complexity index is 875. The number of ether oxygens (including phenoxy) is 1. The first-order chi connectivity index (χ1) is 14.5. The van der Waals surface area contributed by atoms with Crippen LogP contribution in [0.2, 0.25) is 0 Å². The van der Waals surface area contributed by atoms with E-state index in [0.717, 1.165) is 38.0 Å². The van der Waals surface area contributed by atoms with Gasteiger partial charge in [-0.2, -0.15) is 0 Å². The van der Waals surface area contributed by atoms with Crippen molar-refractivity contribution in [1.29, 1.82) is 0 Å². The number of amides is 2. The highest BCUT2D eigenvalue weighted by Gasteiger charge is 2.21. The second-order valence-corrected chi connectivity index (χ2v) is 7.84. The second-order valence-electron chi connectivity index (χ2n) is 7.84. The monoisotopic (exact) mass is 413 g/mol. The van der Waals surface area contributed by atoms with Crippen LogP contribution in [-0.2, 0) is 11.3 Å². The van der Waals surface area contributed by atoms with E-state index < -0.39 is 0 Å². The number of carbonyl (C=O) groups excluding carboxylic acids is 1. The highest BCUT2D eigenvalue weighted by molar-refractivity contribution is 5.89. The van der Waals surface area contributed by atoms with Crippen LogP contribution < -0.4 is 16.3 Å². The van der Waals surface area contributed by atoms with Gasteiger partial charge in [0, 0.05) is 37.7 Å². The average Bonchev–Trinajstić information content (AvgIpc) is 2.69. The summed E-state index contributed by atoms with van der Waals surface area (Å²) in [5.41, 5.74) is 1.31. The molecule has 0 aliphatic carbocycles. The van der Waals surface area contributed by atoms with Crippen LogP contribution in [0, 0.1) is 0 Å². The van der Waals surface area contributed by atoms with Gasteiger partial charge in [0.2, 0.25) is 0 Å². The van der Waals surface area contributed by atoms with Gasteiger partial charge in [-0.05, 0) is 57.0 Å². The van der Waals surface area contributed by atoms with Crippen LogP contribution >= 0.6 is 0 Å². The minimum Gasteiger partial charge on any atom is -0.373 e. The van der Waals surface area contributed by atoms with Crippen molar-refractivity contribution in [2.45, 2.75) is 45.4 Å². The second kappa shape index (κ2) is 10.9. The number of unbranched alkanes of at least 4 members (excludes halogenated alkanes) is 1. The van der Waals surface area contributed by atoms with Gasteiger partial charge in [-0.3, -0.25) is 9.47 Å². The van der Waals surface area contributed by atoms with Crippen molar-refractivity contribution in [2.24, 2.45) is 0 Å². The number of morpholine rings is 1. The first-order valence-electron chi connectivity index (χ1n) is 10.5. The number of nitrogens with one attached hydrogen (secondary N) is 2. The Morgan fingerprint density at radius 3 is 2.77 bits per heavy atom. The summed E-state index contributed by atoms with van der Waals surface area (Å²) in [7, 11) is 0. The highest BCUT2D eigenvalue weighted by atomic mass is 16.5. The Morgan fingerprint density at radius 2 is 2.00 bits per heavy atom. The molecule has 162 valence electrons. The molecule has 2 N–H and O–H groups in total. The highest BCUT2D eigenvalue weighted by Crippen LogP contribution is 2.12. The van der Waals surface area contributed by atoms with Gasteiger partial charge in [0.25, 0.3) is 0 Å². The van der Waals surface area contributed by atoms with Gasteiger partial charge >= 0.3 is 11.7 Å². The van der Waals surface area contributed by atoms with Crippen LogP contribution in [0.3, 0.4) is 0 Å². The third-order valence-corrected chi connectivity index (χ3v) is 5.00. The van der Waals surface area contributed by atoms with Gasteiger partial charge < -0.3 is 15.4 Å². The maximum absolute atomic E-state index is 12.2. The number of benzene rings is 1. The number of rotatable bonds is 8. The molecule has 2 heterocycles. The summed E-state index contributed by atoms with van der Waals surface area (Å²) in [6.45, 7) is 8.22. The minimum atomic E-state index is -0.297. The first kappa shape index (κ1) is 22.0. The van der Waals surface area contributed by atoms with Gasteiger partial charge in [-0.1, -0.05) is 12.1 Å². The van der Waals surface area contributed by atoms with Crippen molar-refractivity contribution in [2.75, 3.05) is 31.5 Å². The molecule has 0 bridgehead atoms. The Balaban J connectivity index is 1.38. The summed E-state index contributed by atoms with van der Waals surface area (Å²) in [5.74, 6) is 0. The van der Waals surface area contributed by atoms with E-state index in [1.807, 2.05) is 24.3 Å². The normalized spacial score (nSPS) is 19.4. The van der Waals surface area contributed by atoms with E-state index in [9.17, 15) is 9.59 Å². The third-order valence-electron chi connectivity index (χ3n) is 5.00. The molecule has 0 radical (unpaired) electrons. The maximum atomic E-state index is 12.2. The van der Waals surface area contributed by atoms with E-state index >= 15 is 0 Å². The van der Waals surface area contributed by atoms with E-state index in [-0.39, 0.29) is 23.9 Å². The van der Waals surface area contributed by atoms with Crippen molar-refractivity contribution in [3.05, 3.63) is 58.8 Å². The van der Waals surface area contributed by atoms with Gasteiger partial charge in [0.15, 0.2) is 0 Å². The zero-order valence-electron chi connectivity index (χ0n) is 17.7. The van der Waals surface area contributed by atoms with Gasteiger partial charge in [0.05, 0.1) is 18.8 Å². The number of carbonyl (C=O) groups is 1. The molecule has 0 unspecified atom stereocenters. The SMILES string of the molecule is C[C@@H]1CN(CCCCNC(=O)Nc2cccc(Cn3cccnc3=O)c2)C[C@H](C)O1. The summed E-state index contributed by atoms with van der Waals surface area (Å²) in [6.07, 6.45) is 5.70. The Labute approximate surface area is 177 Å². The lowest BCUT2D eigenvalue weighted by atomic mass is 10.2. The summed E-state index contributed by atoms with van der Waals surface area (Å²) in [6, 6.07) is 8.96. The van der Waals surface area contributed by atoms with E-state index in [1.165, 1.54) is 10.8 Å². The molecule has 8 heteroatoms. The number of hydrogen-bond donors (Lipinski definition) is 2.